The average molecular weight is 502 g/mol. The van der Waals surface area contributed by atoms with Gasteiger partial charge in [-0.15, -0.1) is 10.2 Å². The molecule has 0 aliphatic heterocycles. The van der Waals surface area contributed by atoms with Crippen LogP contribution in [0, 0.1) is 0 Å². The Morgan fingerprint density at radius 2 is 1.54 bits per heavy atom. The van der Waals surface area contributed by atoms with E-state index in [1.54, 1.807) is 6.92 Å². The van der Waals surface area contributed by atoms with Crippen LogP contribution in [0.4, 0.5) is 5.82 Å². The maximum absolute atomic E-state index is 11.4. The molecule has 0 unspecified atom stereocenters. The fourth-order valence-electron chi connectivity index (χ4n) is 4.47. The zero-order valence-electron chi connectivity index (χ0n) is 22.6. The summed E-state index contributed by atoms with van der Waals surface area (Å²) in [5.41, 5.74) is 10.4. The maximum atomic E-state index is 11.4. The topological polar surface area (TPSA) is 101 Å². The van der Waals surface area contributed by atoms with Crippen molar-refractivity contribution in [3.05, 3.63) is 66.2 Å². The van der Waals surface area contributed by atoms with Gasteiger partial charge >= 0.3 is 0 Å². The van der Waals surface area contributed by atoms with Crippen molar-refractivity contribution in [2.45, 2.75) is 71.4 Å². The number of rotatable bonds is 5. The number of nitrogens with two attached hydrogens (primary N) is 1. The smallest absolute Gasteiger partial charge is 0.222 e. The van der Waals surface area contributed by atoms with Crippen LogP contribution in [-0.2, 0) is 15.1 Å². The van der Waals surface area contributed by atoms with Crippen LogP contribution in [0.15, 0.2) is 60.7 Å². The molecule has 4 rings (SSSR count). The summed E-state index contributed by atoms with van der Waals surface area (Å²) < 4.78 is 0. The summed E-state index contributed by atoms with van der Waals surface area (Å²) >= 11 is 0. The van der Waals surface area contributed by atoms with Crippen LogP contribution in [0.2, 0.25) is 0 Å². The first-order valence-electron chi connectivity index (χ1n) is 12.9. The summed E-state index contributed by atoms with van der Waals surface area (Å²) in [6.07, 6.45) is 6.35. The molecule has 1 fully saturated rings. The number of anilines is 1. The summed E-state index contributed by atoms with van der Waals surface area (Å²) in [5, 5.41) is 11.2. The first-order valence-corrected chi connectivity index (χ1v) is 12.9. The molecule has 1 aromatic heterocycles. The van der Waals surface area contributed by atoms with Crippen molar-refractivity contribution in [2.75, 3.05) is 12.4 Å². The molecular formula is C30H39N5O2. The van der Waals surface area contributed by atoms with Crippen LogP contribution in [0.1, 0.15) is 65.4 Å². The molecule has 0 radical (unpaired) electrons. The number of hydrogen-bond acceptors (Lipinski definition) is 5. The molecule has 2 amide bonds. The Labute approximate surface area is 220 Å². The number of hydrogen-bond donors (Lipinski definition) is 2. The summed E-state index contributed by atoms with van der Waals surface area (Å²) in [7, 11) is 1.92. The summed E-state index contributed by atoms with van der Waals surface area (Å²) in [4.78, 5) is 24.2. The number of amides is 2. The van der Waals surface area contributed by atoms with Gasteiger partial charge in [-0.1, -0.05) is 73.9 Å². The van der Waals surface area contributed by atoms with Crippen molar-refractivity contribution < 1.29 is 9.59 Å². The predicted octanol–water partition coefficient (Wildman–Crippen LogP) is 5.76. The second kappa shape index (κ2) is 12.6. The highest BCUT2D eigenvalue weighted by Gasteiger charge is 2.19. The minimum Gasteiger partial charge on any atom is -0.343 e. The van der Waals surface area contributed by atoms with Crippen molar-refractivity contribution in [3.63, 3.8) is 0 Å². The van der Waals surface area contributed by atoms with Gasteiger partial charge in [-0.05, 0) is 43.9 Å². The lowest BCUT2D eigenvalue weighted by Crippen LogP contribution is -2.36. The van der Waals surface area contributed by atoms with E-state index in [-0.39, 0.29) is 11.8 Å². The first kappa shape index (κ1) is 28.0. The minimum absolute atomic E-state index is 0.180. The van der Waals surface area contributed by atoms with E-state index in [0.717, 1.165) is 27.9 Å². The first-order chi connectivity index (χ1) is 17.6. The van der Waals surface area contributed by atoms with Crippen LogP contribution in [0.25, 0.3) is 22.4 Å². The Morgan fingerprint density at radius 3 is 2.08 bits per heavy atom. The van der Waals surface area contributed by atoms with E-state index in [4.69, 9.17) is 5.73 Å². The van der Waals surface area contributed by atoms with Gasteiger partial charge in [0.2, 0.25) is 11.8 Å². The van der Waals surface area contributed by atoms with Gasteiger partial charge in [0.1, 0.15) is 5.69 Å². The molecule has 7 nitrogen and oxygen atoms in total. The molecule has 3 N–H and O–H groups in total. The number of benzene rings is 2. The van der Waals surface area contributed by atoms with E-state index >= 15 is 0 Å². The largest absolute Gasteiger partial charge is 0.343 e. The summed E-state index contributed by atoms with van der Waals surface area (Å²) in [5.74, 6) is 0.456. The highest BCUT2D eigenvalue weighted by atomic mass is 16.2. The van der Waals surface area contributed by atoms with E-state index < -0.39 is 5.54 Å². The Kier molecular flexibility index (Phi) is 9.53. The third-order valence-electron chi connectivity index (χ3n) is 6.70. The molecule has 7 heteroatoms. The molecule has 196 valence electrons. The third-order valence-corrected chi connectivity index (χ3v) is 6.70. The number of nitrogens with zero attached hydrogens (tertiary/aromatic N) is 3. The molecule has 0 atom stereocenters. The monoisotopic (exact) mass is 501 g/mol. The van der Waals surface area contributed by atoms with Crippen LogP contribution >= 0.6 is 0 Å². The van der Waals surface area contributed by atoms with Crippen LogP contribution in [-0.4, -0.2) is 40.0 Å². The molecule has 3 aromatic rings. The van der Waals surface area contributed by atoms with Gasteiger partial charge in [-0.25, -0.2) is 0 Å². The van der Waals surface area contributed by atoms with Gasteiger partial charge in [-0.3, -0.25) is 9.59 Å². The number of nitrogens with one attached hydrogen (secondary N) is 1. The minimum atomic E-state index is -0.401. The molecular weight excluding hydrogens is 462 g/mol. The van der Waals surface area contributed by atoms with Crippen molar-refractivity contribution in [1.29, 1.82) is 0 Å². The second-order valence-corrected chi connectivity index (χ2v) is 10.3. The Bertz CT molecular complexity index is 1180. The Balaban J connectivity index is 0.000000289. The lowest BCUT2D eigenvalue weighted by Gasteiger charge is -2.30. The Morgan fingerprint density at radius 1 is 0.919 bits per heavy atom. The van der Waals surface area contributed by atoms with Gasteiger partial charge in [0, 0.05) is 43.6 Å². The molecule has 1 heterocycles. The average Bonchev–Trinajstić information content (AvgIpc) is 2.89. The third kappa shape index (κ3) is 7.95. The predicted molar refractivity (Wildman–Crippen MR) is 150 cm³/mol. The second-order valence-electron chi connectivity index (χ2n) is 10.3. The highest BCUT2D eigenvalue weighted by molar-refractivity contribution is 5.90. The number of aromatic nitrogens is 2. The molecule has 2 aromatic carbocycles. The van der Waals surface area contributed by atoms with Crippen LogP contribution in [0.3, 0.4) is 0 Å². The quantitative estimate of drug-likeness (QED) is 0.463. The fraction of sp³-hybridized carbons (Fsp3) is 0.400. The number of carbonyl (C=O) groups excluding carboxylic acids is 2. The highest BCUT2D eigenvalue weighted by Crippen LogP contribution is 2.32. The lowest BCUT2D eigenvalue weighted by molar-refractivity contribution is -0.130. The molecule has 0 bridgehead atoms. The standard InChI is InChI=1S/C21H22N4O.C9H17NO/c1-14(26)23-19-13-18(15-7-5-4-6-8-15)20(25-24-19)16-9-11-17(12-10-16)21(2,3)22;1-8(11)10(2)9-6-4-3-5-7-9/h4-13H,22H2,1-3H3,(H,23,24,26);9H,3-7H2,1-2H3. The van der Waals surface area contributed by atoms with E-state index in [1.807, 2.05) is 86.5 Å². The van der Waals surface area contributed by atoms with Crippen LogP contribution < -0.4 is 11.1 Å². The van der Waals surface area contributed by atoms with Crippen molar-refractivity contribution in [3.8, 4) is 22.4 Å². The fourth-order valence-corrected chi connectivity index (χ4v) is 4.47. The van der Waals surface area contributed by atoms with Gasteiger partial charge in [0.05, 0.1) is 0 Å². The maximum Gasteiger partial charge on any atom is 0.222 e. The van der Waals surface area contributed by atoms with Gasteiger partial charge in [0.25, 0.3) is 0 Å². The van der Waals surface area contributed by atoms with Gasteiger partial charge < -0.3 is 16.0 Å². The van der Waals surface area contributed by atoms with Gasteiger partial charge in [-0.2, -0.15) is 0 Å². The van der Waals surface area contributed by atoms with Gasteiger partial charge in [0.15, 0.2) is 5.82 Å². The van der Waals surface area contributed by atoms with Crippen molar-refractivity contribution >= 4 is 17.6 Å². The van der Waals surface area contributed by atoms with E-state index in [1.165, 1.54) is 39.0 Å². The molecule has 1 aliphatic carbocycles. The summed E-state index contributed by atoms with van der Waals surface area (Å²) in [6, 6.07) is 20.3. The summed E-state index contributed by atoms with van der Waals surface area (Å²) in [6.45, 7) is 7.04. The molecule has 1 saturated carbocycles. The van der Waals surface area contributed by atoms with E-state index in [0.29, 0.717) is 11.9 Å². The van der Waals surface area contributed by atoms with Crippen molar-refractivity contribution in [2.24, 2.45) is 5.73 Å². The Hall–Kier alpha value is -3.58. The van der Waals surface area contributed by atoms with Crippen LogP contribution in [0.5, 0.6) is 0 Å². The lowest BCUT2D eigenvalue weighted by atomic mass is 9.93. The zero-order chi connectivity index (χ0) is 27.0. The molecule has 1 aliphatic rings. The van der Waals surface area contributed by atoms with E-state index in [9.17, 15) is 9.59 Å². The molecule has 0 spiro atoms. The van der Waals surface area contributed by atoms with E-state index in [2.05, 4.69) is 15.5 Å². The number of carbonyl (C=O) groups is 2. The molecule has 0 saturated heterocycles. The molecule has 37 heavy (non-hydrogen) atoms. The SMILES string of the molecule is CC(=O)N(C)C1CCCCC1.CC(=O)Nc1cc(-c2ccccc2)c(-c2ccc(C(C)(C)N)cc2)nn1. The normalized spacial score (nSPS) is 13.8. The zero-order valence-corrected chi connectivity index (χ0v) is 22.6. The van der Waals surface area contributed by atoms with Crippen molar-refractivity contribution in [1.82, 2.24) is 15.1 Å².